The zero-order valence-corrected chi connectivity index (χ0v) is 21.1. The van der Waals surface area contributed by atoms with Gasteiger partial charge in [-0.25, -0.2) is 0 Å². The number of amides is 2. The van der Waals surface area contributed by atoms with Crippen molar-refractivity contribution >= 4 is 41.1 Å². The van der Waals surface area contributed by atoms with Crippen LogP contribution in [0.25, 0.3) is 17.4 Å². The minimum absolute atomic E-state index is 0.0818. The first-order chi connectivity index (χ1) is 17.5. The molecule has 1 aliphatic heterocycles. The Labute approximate surface area is 220 Å². The first kappa shape index (κ1) is 26.0. The summed E-state index contributed by atoms with van der Waals surface area (Å²) >= 11 is 11.9. The van der Waals surface area contributed by atoms with Crippen molar-refractivity contribution in [2.24, 2.45) is 0 Å². The molecule has 1 saturated heterocycles. The van der Waals surface area contributed by atoms with Crippen molar-refractivity contribution in [3.8, 4) is 11.3 Å². The van der Waals surface area contributed by atoms with Crippen LogP contribution in [0.2, 0.25) is 10.0 Å². The average molecular weight is 528 g/mol. The Morgan fingerprint density at radius 2 is 1.58 bits per heavy atom. The summed E-state index contributed by atoms with van der Waals surface area (Å²) in [6.45, 7) is 4.59. The molecule has 3 aromatic rings. The second kappa shape index (κ2) is 12.7. The van der Waals surface area contributed by atoms with Gasteiger partial charge in [0.2, 0.25) is 0 Å². The fraction of sp³-hybridized carbons (Fsp3) is 0.259. The molecule has 0 aliphatic carbocycles. The van der Waals surface area contributed by atoms with Gasteiger partial charge >= 0.3 is 0 Å². The molecule has 2 amide bonds. The summed E-state index contributed by atoms with van der Waals surface area (Å²) < 4.78 is 11.3. The van der Waals surface area contributed by atoms with E-state index in [4.69, 9.17) is 32.4 Å². The van der Waals surface area contributed by atoms with Gasteiger partial charge in [0.1, 0.15) is 17.2 Å². The summed E-state index contributed by atoms with van der Waals surface area (Å²) in [5, 5.41) is 6.75. The van der Waals surface area contributed by atoms with E-state index in [0.29, 0.717) is 33.7 Å². The number of hydrogen-bond acceptors (Lipinski definition) is 5. The fourth-order valence-corrected chi connectivity index (χ4v) is 3.97. The van der Waals surface area contributed by atoms with Crippen LogP contribution < -0.4 is 10.6 Å². The SMILES string of the molecule is O=C(NCCCN1CCOCC1)/C(=C/c1ccc(-c2ccc(Cl)cc2)o1)NC(=O)c1ccc(Cl)cc1. The Balaban J connectivity index is 1.46. The molecule has 0 unspecified atom stereocenters. The molecular formula is C27H27Cl2N3O4. The molecule has 1 aromatic heterocycles. The third-order valence-electron chi connectivity index (χ3n) is 5.68. The topological polar surface area (TPSA) is 83.8 Å². The Kier molecular flexibility index (Phi) is 9.19. The molecule has 1 fully saturated rings. The van der Waals surface area contributed by atoms with Crippen molar-refractivity contribution in [3.05, 3.63) is 87.7 Å². The third-order valence-corrected chi connectivity index (χ3v) is 6.19. The summed E-state index contributed by atoms with van der Waals surface area (Å²) in [5.74, 6) is 0.219. The predicted molar refractivity (Wildman–Crippen MR) is 141 cm³/mol. The van der Waals surface area contributed by atoms with E-state index in [9.17, 15) is 9.59 Å². The zero-order valence-electron chi connectivity index (χ0n) is 19.6. The van der Waals surface area contributed by atoms with Crippen molar-refractivity contribution in [1.82, 2.24) is 15.5 Å². The highest BCUT2D eigenvalue weighted by Crippen LogP contribution is 2.25. The van der Waals surface area contributed by atoms with E-state index in [1.165, 1.54) is 6.08 Å². The first-order valence-electron chi connectivity index (χ1n) is 11.7. The Morgan fingerprint density at radius 1 is 0.917 bits per heavy atom. The molecule has 4 rings (SSSR count). The summed E-state index contributed by atoms with van der Waals surface area (Å²) in [5.41, 5.74) is 1.31. The van der Waals surface area contributed by atoms with Crippen LogP contribution >= 0.6 is 23.2 Å². The van der Waals surface area contributed by atoms with E-state index in [1.54, 1.807) is 48.5 Å². The van der Waals surface area contributed by atoms with E-state index >= 15 is 0 Å². The number of hydrogen-bond donors (Lipinski definition) is 2. The molecular weight excluding hydrogens is 501 g/mol. The lowest BCUT2D eigenvalue weighted by Gasteiger charge is -2.26. The number of nitrogens with zero attached hydrogens (tertiary/aromatic N) is 1. The van der Waals surface area contributed by atoms with Gasteiger partial charge in [-0.15, -0.1) is 0 Å². The molecule has 0 bridgehead atoms. The van der Waals surface area contributed by atoms with Crippen LogP contribution in [0.3, 0.4) is 0 Å². The number of rotatable bonds is 9. The maximum Gasteiger partial charge on any atom is 0.267 e. The summed E-state index contributed by atoms with van der Waals surface area (Å²) in [7, 11) is 0. The number of morpholine rings is 1. The standard InChI is InChI=1S/C27H27Cl2N3O4/c28-21-6-2-19(3-7-21)25-11-10-23(36-25)18-24(31-26(33)20-4-8-22(29)9-5-20)27(34)30-12-1-13-32-14-16-35-17-15-32/h2-11,18H,1,12-17H2,(H,30,34)(H,31,33)/b24-18-. The van der Waals surface area contributed by atoms with Crippen LogP contribution in [0.15, 0.2) is 70.8 Å². The maximum absolute atomic E-state index is 13.0. The van der Waals surface area contributed by atoms with Crippen molar-refractivity contribution in [2.75, 3.05) is 39.4 Å². The number of carbonyl (C=O) groups is 2. The summed E-state index contributed by atoms with van der Waals surface area (Å²) in [4.78, 5) is 28.1. The van der Waals surface area contributed by atoms with Gasteiger partial charge in [-0.3, -0.25) is 14.5 Å². The largest absolute Gasteiger partial charge is 0.457 e. The maximum atomic E-state index is 13.0. The Bertz CT molecular complexity index is 1200. The Hall–Kier alpha value is -3.10. The molecule has 0 radical (unpaired) electrons. The lowest BCUT2D eigenvalue weighted by atomic mass is 10.2. The van der Waals surface area contributed by atoms with Gasteiger partial charge in [0, 0.05) is 46.9 Å². The predicted octanol–water partition coefficient (Wildman–Crippen LogP) is 4.86. The molecule has 2 aromatic carbocycles. The monoisotopic (exact) mass is 527 g/mol. The van der Waals surface area contributed by atoms with E-state index in [1.807, 2.05) is 12.1 Å². The van der Waals surface area contributed by atoms with Crippen LogP contribution in [-0.2, 0) is 9.53 Å². The molecule has 0 saturated carbocycles. The summed E-state index contributed by atoms with van der Waals surface area (Å²) in [6, 6.07) is 17.2. The molecule has 36 heavy (non-hydrogen) atoms. The minimum atomic E-state index is -0.425. The normalized spacial score (nSPS) is 14.4. The van der Waals surface area contributed by atoms with Gasteiger partial charge in [0.05, 0.1) is 13.2 Å². The molecule has 7 nitrogen and oxygen atoms in total. The second-order valence-electron chi connectivity index (χ2n) is 8.29. The number of furan rings is 1. The van der Waals surface area contributed by atoms with E-state index in [-0.39, 0.29) is 5.70 Å². The van der Waals surface area contributed by atoms with Gasteiger partial charge in [-0.05, 0) is 73.6 Å². The molecule has 9 heteroatoms. The summed E-state index contributed by atoms with van der Waals surface area (Å²) in [6.07, 6.45) is 2.30. The van der Waals surface area contributed by atoms with Crippen LogP contribution in [-0.4, -0.2) is 56.1 Å². The molecule has 0 spiro atoms. The molecule has 2 N–H and O–H groups in total. The van der Waals surface area contributed by atoms with Crippen LogP contribution in [0, 0.1) is 0 Å². The van der Waals surface area contributed by atoms with Crippen molar-refractivity contribution < 1.29 is 18.7 Å². The minimum Gasteiger partial charge on any atom is -0.457 e. The van der Waals surface area contributed by atoms with E-state index < -0.39 is 11.8 Å². The van der Waals surface area contributed by atoms with Crippen LogP contribution in [0.1, 0.15) is 22.5 Å². The van der Waals surface area contributed by atoms with Gasteiger partial charge in [-0.1, -0.05) is 23.2 Å². The zero-order chi connectivity index (χ0) is 25.3. The van der Waals surface area contributed by atoms with E-state index in [0.717, 1.165) is 44.8 Å². The second-order valence-corrected chi connectivity index (χ2v) is 9.16. The van der Waals surface area contributed by atoms with Crippen molar-refractivity contribution in [1.29, 1.82) is 0 Å². The molecule has 188 valence electrons. The average Bonchev–Trinajstić information content (AvgIpc) is 3.36. The van der Waals surface area contributed by atoms with Crippen molar-refractivity contribution in [3.63, 3.8) is 0 Å². The highest BCUT2D eigenvalue weighted by atomic mass is 35.5. The molecule has 2 heterocycles. The van der Waals surface area contributed by atoms with Gasteiger partial charge < -0.3 is 19.8 Å². The number of benzene rings is 2. The van der Waals surface area contributed by atoms with Gasteiger partial charge in [0.25, 0.3) is 11.8 Å². The number of ether oxygens (including phenoxy) is 1. The quantitative estimate of drug-likeness (QED) is 0.306. The highest BCUT2D eigenvalue weighted by molar-refractivity contribution is 6.31. The third kappa shape index (κ3) is 7.45. The highest BCUT2D eigenvalue weighted by Gasteiger charge is 2.16. The fourth-order valence-electron chi connectivity index (χ4n) is 3.72. The number of nitrogens with one attached hydrogen (secondary N) is 2. The van der Waals surface area contributed by atoms with Gasteiger partial charge in [0.15, 0.2) is 0 Å². The van der Waals surface area contributed by atoms with E-state index in [2.05, 4.69) is 15.5 Å². The first-order valence-corrected chi connectivity index (χ1v) is 12.5. The lowest BCUT2D eigenvalue weighted by Crippen LogP contribution is -2.39. The lowest BCUT2D eigenvalue weighted by molar-refractivity contribution is -0.117. The Morgan fingerprint density at radius 3 is 2.28 bits per heavy atom. The van der Waals surface area contributed by atoms with Gasteiger partial charge in [-0.2, -0.15) is 0 Å². The smallest absolute Gasteiger partial charge is 0.267 e. The number of carbonyl (C=O) groups excluding carboxylic acids is 2. The van der Waals surface area contributed by atoms with Crippen LogP contribution in [0.5, 0.6) is 0 Å². The van der Waals surface area contributed by atoms with Crippen molar-refractivity contribution in [2.45, 2.75) is 6.42 Å². The number of halogens is 2. The van der Waals surface area contributed by atoms with Crippen LogP contribution in [0.4, 0.5) is 0 Å². The molecule has 1 aliphatic rings. The molecule has 0 atom stereocenters.